The summed E-state index contributed by atoms with van der Waals surface area (Å²) in [5, 5.41) is 1.48. The van der Waals surface area contributed by atoms with Crippen LogP contribution in [0, 0.1) is 11.7 Å². The van der Waals surface area contributed by atoms with Crippen LogP contribution < -0.4 is 5.56 Å². The molecule has 0 unspecified atom stereocenters. The molecule has 0 saturated carbocycles. The Labute approximate surface area is 171 Å². The fourth-order valence-electron chi connectivity index (χ4n) is 2.72. The number of halogens is 2. The van der Waals surface area contributed by atoms with Crippen LogP contribution in [0.4, 0.5) is 4.39 Å². The number of benzene rings is 2. The van der Waals surface area contributed by atoms with Crippen molar-refractivity contribution < 1.29 is 9.18 Å². The second-order valence-electron chi connectivity index (χ2n) is 6.91. The van der Waals surface area contributed by atoms with Crippen molar-refractivity contribution in [2.75, 3.05) is 5.75 Å². The van der Waals surface area contributed by atoms with E-state index >= 15 is 0 Å². The van der Waals surface area contributed by atoms with Gasteiger partial charge in [0.05, 0.1) is 16.7 Å². The fourth-order valence-corrected chi connectivity index (χ4v) is 3.80. The minimum atomic E-state index is -0.389. The summed E-state index contributed by atoms with van der Waals surface area (Å²) in [6.45, 7) is 4.70. The Morgan fingerprint density at radius 3 is 2.61 bits per heavy atom. The van der Waals surface area contributed by atoms with E-state index in [9.17, 15) is 14.0 Å². The molecule has 3 aromatic rings. The van der Waals surface area contributed by atoms with Gasteiger partial charge in [-0.1, -0.05) is 37.2 Å². The molecule has 0 bridgehead atoms. The van der Waals surface area contributed by atoms with Crippen molar-refractivity contribution in [1.82, 2.24) is 9.55 Å². The molecule has 0 aliphatic rings. The van der Waals surface area contributed by atoms with Crippen molar-refractivity contribution in [3.05, 3.63) is 69.2 Å². The van der Waals surface area contributed by atoms with Crippen LogP contribution in [0.5, 0.6) is 0 Å². The van der Waals surface area contributed by atoms with Gasteiger partial charge in [0.2, 0.25) is 0 Å². The lowest BCUT2D eigenvalue weighted by molar-refractivity contribution is 0.102. The number of fused-ring (bicyclic) bond motifs is 1. The Kier molecular flexibility index (Phi) is 6.52. The third-order valence-electron chi connectivity index (χ3n) is 4.31. The second-order valence-corrected chi connectivity index (χ2v) is 8.29. The van der Waals surface area contributed by atoms with E-state index in [4.69, 9.17) is 11.6 Å². The van der Waals surface area contributed by atoms with Crippen molar-refractivity contribution >= 4 is 40.0 Å². The summed E-state index contributed by atoms with van der Waals surface area (Å²) in [5.74, 6) is -0.0154. The molecule has 3 rings (SSSR count). The van der Waals surface area contributed by atoms with Gasteiger partial charge in [-0.3, -0.25) is 14.2 Å². The van der Waals surface area contributed by atoms with Crippen molar-refractivity contribution in [3.63, 3.8) is 0 Å². The van der Waals surface area contributed by atoms with Crippen LogP contribution in [0.2, 0.25) is 5.02 Å². The number of ketones is 1. The number of hydrogen-bond acceptors (Lipinski definition) is 4. The van der Waals surface area contributed by atoms with Gasteiger partial charge >= 0.3 is 0 Å². The predicted octanol–water partition coefficient (Wildman–Crippen LogP) is 5.21. The van der Waals surface area contributed by atoms with Gasteiger partial charge in [-0.2, -0.15) is 0 Å². The minimum absolute atomic E-state index is 0.103. The molecular weight excluding hydrogens is 399 g/mol. The maximum absolute atomic E-state index is 13.1. The number of hydrogen-bond donors (Lipinski definition) is 0. The maximum Gasteiger partial charge on any atom is 0.262 e. The minimum Gasteiger partial charge on any atom is -0.293 e. The molecular formula is C21H20ClFN2O2S. The normalized spacial score (nSPS) is 11.3. The molecule has 0 radical (unpaired) electrons. The van der Waals surface area contributed by atoms with Gasteiger partial charge in [-0.15, -0.1) is 0 Å². The number of carbonyl (C=O) groups excluding carboxylic acids is 1. The maximum atomic E-state index is 13.1. The standard InChI is InChI=1S/C21H20ClFN2O2S/c1-13(2)9-10-25-20(27)17-8-5-15(22)11-18(17)24-21(25)28-12-19(26)14-3-6-16(23)7-4-14/h3-8,11,13H,9-10,12H2,1-2H3. The van der Waals surface area contributed by atoms with E-state index < -0.39 is 0 Å². The van der Waals surface area contributed by atoms with E-state index in [-0.39, 0.29) is 22.9 Å². The molecule has 0 amide bonds. The Bertz CT molecular complexity index is 1060. The summed E-state index contributed by atoms with van der Waals surface area (Å²) >= 11 is 7.25. The van der Waals surface area contributed by atoms with Crippen molar-refractivity contribution in [2.45, 2.75) is 32.0 Å². The molecule has 0 aliphatic carbocycles. The van der Waals surface area contributed by atoms with Gasteiger partial charge in [0.25, 0.3) is 5.56 Å². The van der Waals surface area contributed by atoms with Gasteiger partial charge in [0.1, 0.15) is 5.82 Å². The highest BCUT2D eigenvalue weighted by atomic mass is 35.5. The van der Waals surface area contributed by atoms with E-state index in [1.54, 1.807) is 22.8 Å². The summed E-state index contributed by atoms with van der Waals surface area (Å²) in [4.78, 5) is 30.0. The molecule has 28 heavy (non-hydrogen) atoms. The molecule has 2 aromatic carbocycles. The molecule has 146 valence electrons. The summed E-state index contributed by atoms with van der Waals surface area (Å²) in [5.41, 5.74) is 0.794. The molecule has 0 aliphatic heterocycles. The number of rotatable bonds is 7. The molecule has 1 heterocycles. The first kappa shape index (κ1) is 20.6. The van der Waals surface area contributed by atoms with Crippen molar-refractivity contribution in [3.8, 4) is 0 Å². The largest absolute Gasteiger partial charge is 0.293 e. The van der Waals surface area contributed by atoms with Gasteiger partial charge in [0.15, 0.2) is 10.9 Å². The summed E-state index contributed by atoms with van der Waals surface area (Å²) in [6.07, 6.45) is 0.820. The highest BCUT2D eigenvalue weighted by Gasteiger charge is 2.15. The predicted molar refractivity (Wildman–Crippen MR) is 112 cm³/mol. The number of aromatic nitrogens is 2. The van der Waals surface area contributed by atoms with Gasteiger partial charge in [0, 0.05) is 17.1 Å². The third kappa shape index (κ3) is 4.80. The van der Waals surface area contributed by atoms with E-state index in [0.717, 1.165) is 6.42 Å². The smallest absolute Gasteiger partial charge is 0.262 e. The number of carbonyl (C=O) groups is 1. The first-order valence-corrected chi connectivity index (χ1v) is 10.3. The topological polar surface area (TPSA) is 52.0 Å². The average molecular weight is 419 g/mol. The van der Waals surface area contributed by atoms with Gasteiger partial charge in [-0.05, 0) is 54.8 Å². The van der Waals surface area contributed by atoms with Crippen LogP contribution in [0.1, 0.15) is 30.6 Å². The van der Waals surface area contributed by atoms with Crippen molar-refractivity contribution in [1.29, 1.82) is 0 Å². The Morgan fingerprint density at radius 1 is 1.21 bits per heavy atom. The zero-order valence-corrected chi connectivity index (χ0v) is 17.2. The summed E-state index contributed by atoms with van der Waals surface area (Å²) < 4.78 is 14.7. The molecule has 0 spiro atoms. The monoisotopic (exact) mass is 418 g/mol. The van der Waals surface area contributed by atoms with E-state index in [1.165, 1.54) is 36.0 Å². The lowest BCUT2D eigenvalue weighted by Gasteiger charge is -2.14. The van der Waals surface area contributed by atoms with Crippen molar-refractivity contribution in [2.24, 2.45) is 5.92 Å². The zero-order valence-electron chi connectivity index (χ0n) is 15.6. The zero-order chi connectivity index (χ0) is 20.3. The lowest BCUT2D eigenvalue weighted by atomic mass is 10.1. The van der Waals surface area contributed by atoms with Crippen LogP contribution in [0.25, 0.3) is 10.9 Å². The Hall–Kier alpha value is -2.18. The molecule has 4 nitrogen and oxygen atoms in total. The van der Waals surface area contributed by atoms with Crippen LogP contribution in [0.15, 0.2) is 52.4 Å². The third-order valence-corrected chi connectivity index (χ3v) is 5.52. The van der Waals surface area contributed by atoms with Gasteiger partial charge in [-0.25, -0.2) is 9.37 Å². The molecule has 0 N–H and O–H groups in total. The van der Waals surface area contributed by atoms with Crippen LogP contribution in [0.3, 0.4) is 0 Å². The number of Topliss-reactive ketones (excluding diaryl/α,β-unsaturated/α-hetero) is 1. The van der Waals surface area contributed by atoms with E-state index in [2.05, 4.69) is 18.8 Å². The van der Waals surface area contributed by atoms with Crippen LogP contribution in [-0.4, -0.2) is 21.1 Å². The highest BCUT2D eigenvalue weighted by molar-refractivity contribution is 7.99. The summed E-state index contributed by atoms with van der Waals surface area (Å²) in [7, 11) is 0. The Morgan fingerprint density at radius 2 is 1.93 bits per heavy atom. The highest BCUT2D eigenvalue weighted by Crippen LogP contribution is 2.22. The number of thioether (sulfide) groups is 1. The molecule has 1 aromatic heterocycles. The van der Waals surface area contributed by atoms with E-state index in [0.29, 0.717) is 39.1 Å². The summed E-state index contributed by atoms with van der Waals surface area (Å²) in [6, 6.07) is 10.4. The first-order valence-electron chi connectivity index (χ1n) is 8.97. The first-order chi connectivity index (χ1) is 13.3. The molecule has 7 heteroatoms. The molecule has 0 fully saturated rings. The molecule has 0 atom stereocenters. The SMILES string of the molecule is CC(C)CCn1c(SCC(=O)c2ccc(F)cc2)nc2cc(Cl)ccc2c1=O. The number of nitrogens with zero attached hydrogens (tertiary/aromatic N) is 2. The fraction of sp³-hybridized carbons (Fsp3) is 0.286. The van der Waals surface area contributed by atoms with Gasteiger partial charge < -0.3 is 0 Å². The quantitative estimate of drug-likeness (QED) is 0.300. The second kappa shape index (κ2) is 8.88. The average Bonchev–Trinajstić information content (AvgIpc) is 2.65. The Balaban J connectivity index is 1.92. The van der Waals surface area contributed by atoms with E-state index in [1.807, 2.05) is 0 Å². The van der Waals surface area contributed by atoms with Crippen LogP contribution in [-0.2, 0) is 6.54 Å². The van der Waals surface area contributed by atoms with Crippen LogP contribution >= 0.6 is 23.4 Å². The molecule has 0 saturated heterocycles. The lowest BCUT2D eigenvalue weighted by Crippen LogP contribution is -2.24.